The van der Waals surface area contributed by atoms with E-state index >= 15 is 0 Å². The number of aromatic nitrogens is 3. The number of carbonyl (C=O) groups excluding carboxylic acids is 1. The van der Waals surface area contributed by atoms with Gasteiger partial charge in [-0.1, -0.05) is 17.3 Å². The second-order valence-corrected chi connectivity index (χ2v) is 6.75. The van der Waals surface area contributed by atoms with Crippen LogP contribution in [0.25, 0.3) is 5.69 Å². The molecule has 2 heterocycles. The molecule has 0 atom stereocenters. The number of nitrogens with zero attached hydrogens (tertiary/aromatic N) is 3. The second kappa shape index (κ2) is 7.76. The van der Waals surface area contributed by atoms with E-state index in [4.69, 9.17) is 4.74 Å². The highest BCUT2D eigenvalue weighted by molar-refractivity contribution is 5.91. The largest absolute Gasteiger partial charge is 0.384 e. The van der Waals surface area contributed by atoms with E-state index in [1.54, 1.807) is 18.0 Å². The summed E-state index contributed by atoms with van der Waals surface area (Å²) in [6.07, 6.45) is 3.63. The quantitative estimate of drug-likeness (QED) is 0.827. The van der Waals surface area contributed by atoms with Crippen LogP contribution in [0.2, 0.25) is 0 Å². The predicted molar refractivity (Wildman–Crippen MR) is 94.8 cm³/mol. The van der Waals surface area contributed by atoms with Crippen LogP contribution in [0.5, 0.6) is 0 Å². The van der Waals surface area contributed by atoms with E-state index in [-0.39, 0.29) is 11.3 Å². The highest BCUT2D eigenvalue weighted by Crippen LogP contribution is 2.28. The molecule has 1 aromatic carbocycles. The lowest BCUT2D eigenvalue weighted by atomic mass is 9.79. The van der Waals surface area contributed by atoms with Crippen LogP contribution in [0, 0.1) is 12.3 Å². The average molecular weight is 343 g/mol. The Labute approximate surface area is 147 Å². The molecule has 1 saturated heterocycles. The third kappa shape index (κ3) is 4.24. The number of nitrogens with one attached hydrogen (secondary N) is 2. The van der Waals surface area contributed by atoms with E-state index in [1.807, 2.05) is 31.2 Å². The Balaban J connectivity index is 1.65. The van der Waals surface area contributed by atoms with Crippen molar-refractivity contribution in [1.82, 2.24) is 25.6 Å². The zero-order valence-electron chi connectivity index (χ0n) is 14.8. The Morgan fingerprint density at radius 3 is 2.92 bits per heavy atom. The Hall–Kier alpha value is -2.25. The van der Waals surface area contributed by atoms with Gasteiger partial charge in [0.05, 0.1) is 18.5 Å². The number of ether oxygens (including phenoxy) is 1. The maximum atomic E-state index is 12.5. The van der Waals surface area contributed by atoms with Gasteiger partial charge in [-0.05, 0) is 50.6 Å². The fourth-order valence-corrected chi connectivity index (χ4v) is 3.26. The number of benzene rings is 1. The summed E-state index contributed by atoms with van der Waals surface area (Å²) in [5, 5.41) is 14.4. The zero-order valence-corrected chi connectivity index (χ0v) is 14.8. The molecule has 2 aromatic rings. The van der Waals surface area contributed by atoms with Crippen LogP contribution in [-0.2, 0) is 4.74 Å². The summed E-state index contributed by atoms with van der Waals surface area (Å²) in [4.78, 5) is 12.5. The third-order valence-corrected chi connectivity index (χ3v) is 4.73. The lowest BCUT2D eigenvalue weighted by Gasteiger charge is -2.37. The first-order valence-electron chi connectivity index (χ1n) is 8.59. The SMILES string of the molecule is COCC1(CNC(=O)c2cn(-c3cccc(C)c3)nn2)CCNCC1. The van der Waals surface area contributed by atoms with E-state index < -0.39 is 0 Å². The molecule has 0 unspecified atom stereocenters. The molecule has 0 bridgehead atoms. The molecule has 1 aliphatic heterocycles. The van der Waals surface area contributed by atoms with Gasteiger partial charge in [0.15, 0.2) is 5.69 Å². The molecule has 1 amide bonds. The molecule has 134 valence electrons. The van der Waals surface area contributed by atoms with Crippen LogP contribution in [0.4, 0.5) is 0 Å². The highest BCUT2D eigenvalue weighted by atomic mass is 16.5. The van der Waals surface area contributed by atoms with Gasteiger partial charge in [-0.3, -0.25) is 4.79 Å². The molecule has 0 saturated carbocycles. The van der Waals surface area contributed by atoms with Gasteiger partial charge >= 0.3 is 0 Å². The smallest absolute Gasteiger partial charge is 0.273 e. The molecular weight excluding hydrogens is 318 g/mol. The van der Waals surface area contributed by atoms with Crippen molar-refractivity contribution in [3.05, 3.63) is 41.7 Å². The summed E-state index contributed by atoms with van der Waals surface area (Å²) >= 11 is 0. The lowest BCUT2D eigenvalue weighted by Crippen LogP contribution is -2.47. The lowest BCUT2D eigenvalue weighted by molar-refractivity contribution is 0.0510. The first-order valence-corrected chi connectivity index (χ1v) is 8.59. The molecule has 7 heteroatoms. The molecule has 1 aliphatic rings. The minimum Gasteiger partial charge on any atom is -0.384 e. The van der Waals surface area contributed by atoms with Gasteiger partial charge in [-0.25, -0.2) is 4.68 Å². The Morgan fingerprint density at radius 1 is 1.40 bits per heavy atom. The summed E-state index contributed by atoms with van der Waals surface area (Å²) in [5.74, 6) is -0.201. The summed E-state index contributed by atoms with van der Waals surface area (Å²) in [7, 11) is 1.71. The van der Waals surface area contributed by atoms with Gasteiger partial charge < -0.3 is 15.4 Å². The van der Waals surface area contributed by atoms with Crippen molar-refractivity contribution in [2.75, 3.05) is 33.4 Å². The topological polar surface area (TPSA) is 81.1 Å². The van der Waals surface area contributed by atoms with Crippen molar-refractivity contribution < 1.29 is 9.53 Å². The van der Waals surface area contributed by atoms with E-state index in [1.165, 1.54) is 0 Å². The summed E-state index contributed by atoms with van der Waals surface area (Å²) < 4.78 is 7.01. The van der Waals surface area contributed by atoms with E-state index in [2.05, 4.69) is 20.9 Å². The van der Waals surface area contributed by atoms with Crippen molar-refractivity contribution in [3.63, 3.8) is 0 Å². The molecule has 1 aromatic heterocycles. The number of rotatable bonds is 6. The van der Waals surface area contributed by atoms with E-state index in [0.29, 0.717) is 18.8 Å². The van der Waals surface area contributed by atoms with Gasteiger partial charge in [0.25, 0.3) is 5.91 Å². The number of hydrogen-bond acceptors (Lipinski definition) is 5. The number of aryl methyl sites for hydroxylation is 1. The molecule has 7 nitrogen and oxygen atoms in total. The zero-order chi connectivity index (χ0) is 17.7. The number of hydrogen-bond donors (Lipinski definition) is 2. The van der Waals surface area contributed by atoms with Crippen molar-refractivity contribution in [3.8, 4) is 5.69 Å². The van der Waals surface area contributed by atoms with Gasteiger partial charge in [0.1, 0.15) is 0 Å². The van der Waals surface area contributed by atoms with Crippen LogP contribution >= 0.6 is 0 Å². The molecule has 2 N–H and O–H groups in total. The van der Waals surface area contributed by atoms with Gasteiger partial charge in [-0.15, -0.1) is 5.10 Å². The maximum Gasteiger partial charge on any atom is 0.273 e. The Kier molecular flexibility index (Phi) is 5.45. The number of carbonyl (C=O) groups is 1. The van der Waals surface area contributed by atoms with E-state index in [0.717, 1.165) is 37.2 Å². The number of amides is 1. The minimum atomic E-state index is -0.201. The van der Waals surface area contributed by atoms with Crippen molar-refractivity contribution in [1.29, 1.82) is 0 Å². The standard InChI is InChI=1S/C18H25N5O2/c1-14-4-3-5-15(10-14)23-11-16(21-22-23)17(24)20-12-18(13-25-2)6-8-19-9-7-18/h3-5,10-11,19H,6-9,12-13H2,1-2H3,(H,20,24). The monoisotopic (exact) mass is 343 g/mol. The average Bonchev–Trinajstić information content (AvgIpc) is 3.11. The molecular formula is C18H25N5O2. The summed E-state index contributed by atoms with van der Waals surface area (Å²) in [5.41, 5.74) is 2.33. The van der Waals surface area contributed by atoms with Crippen molar-refractivity contribution in [2.24, 2.45) is 5.41 Å². The van der Waals surface area contributed by atoms with Crippen LogP contribution in [-0.4, -0.2) is 54.3 Å². The van der Waals surface area contributed by atoms with E-state index in [9.17, 15) is 4.79 Å². The van der Waals surface area contributed by atoms with Crippen LogP contribution < -0.4 is 10.6 Å². The predicted octanol–water partition coefficient (Wildman–Crippen LogP) is 1.32. The molecule has 0 aliphatic carbocycles. The number of piperidine rings is 1. The minimum absolute atomic E-state index is 0.0117. The van der Waals surface area contributed by atoms with Crippen molar-refractivity contribution in [2.45, 2.75) is 19.8 Å². The van der Waals surface area contributed by atoms with Crippen LogP contribution in [0.3, 0.4) is 0 Å². The molecule has 25 heavy (non-hydrogen) atoms. The normalized spacial score (nSPS) is 16.6. The number of methoxy groups -OCH3 is 1. The molecule has 3 rings (SSSR count). The fourth-order valence-electron chi connectivity index (χ4n) is 3.26. The van der Waals surface area contributed by atoms with Crippen LogP contribution in [0.1, 0.15) is 28.9 Å². The summed E-state index contributed by atoms with van der Waals surface area (Å²) in [6, 6.07) is 7.91. The fraction of sp³-hybridized carbons (Fsp3) is 0.500. The first-order chi connectivity index (χ1) is 12.1. The van der Waals surface area contributed by atoms with Crippen LogP contribution in [0.15, 0.2) is 30.5 Å². The molecule has 1 fully saturated rings. The Bertz CT molecular complexity index is 716. The third-order valence-electron chi connectivity index (χ3n) is 4.73. The molecule has 0 spiro atoms. The Morgan fingerprint density at radius 2 is 2.20 bits per heavy atom. The highest BCUT2D eigenvalue weighted by Gasteiger charge is 2.32. The summed E-state index contributed by atoms with van der Waals surface area (Å²) in [6.45, 7) is 5.14. The van der Waals surface area contributed by atoms with Gasteiger partial charge in [0.2, 0.25) is 0 Å². The van der Waals surface area contributed by atoms with Gasteiger partial charge in [-0.2, -0.15) is 0 Å². The van der Waals surface area contributed by atoms with Gasteiger partial charge in [0, 0.05) is 19.1 Å². The second-order valence-electron chi connectivity index (χ2n) is 6.75. The molecule has 0 radical (unpaired) electrons. The first kappa shape index (κ1) is 17.6. The maximum absolute atomic E-state index is 12.5. The van der Waals surface area contributed by atoms with Crippen molar-refractivity contribution >= 4 is 5.91 Å².